The molecule has 0 aliphatic carbocycles. The van der Waals surface area contributed by atoms with E-state index in [0.717, 1.165) is 0 Å². The number of ether oxygens (including phenoxy) is 3. The Balaban J connectivity index is 1.04. The number of imidazole rings is 2. The van der Waals surface area contributed by atoms with Crippen molar-refractivity contribution < 1.29 is 94.6 Å². The quantitative estimate of drug-likeness (QED) is 0.0349. The molecule has 0 amide bonds. The summed E-state index contributed by atoms with van der Waals surface area (Å²) in [7, 11) is -11.5. The van der Waals surface area contributed by atoms with Gasteiger partial charge in [0, 0.05) is 7.11 Å². The van der Waals surface area contributed by atoms with Gasteiger partial charge in [-0.25, -0.2) is 22.8 Å². The van der Waals surface area contributed by atoms with E-state index in [4.69, 9.17) is 43.8 Å². The van der Waals surface area contributed by atoms with Gasteiger partial charge in [-0.2, -0.15) is 0 Å². The molecule has 30 nitrogen and oxygen atoms in total. The zero-order valence-electron chi connectivity index (χ0n) is 30.8. The molecule has 5 unspecified atom stereocenters. The number of nitrogens with two attached hydrogens (primary N) is 2. The average molecular weight is 907 g/mol. The predicted octanol–water partition coefficient (Wildman–Crippen LogP) is -5.09. The molecule has 4 aromatic heterocycles. The summed E-state index contributed by atoms with van der Waals surface area (Å²) in [5, 5.41) is 32.2. The Morgan fingerprint density at radius 3 is 1.66 bits per heavy atom. The first kappa shape index (κ1) is 44.9. The van der Waals surface area contributed by atoms with E-state index in [1.807, 2.05) is 0 Å². The minimum absolute atomic E-state index is 0.0310. The maximum absolute atomic E-state index is 12.8. The number of hydrogen-bond donors (Lipinski definition) is 11. The van der Waals surface area contributed by atoms with Gasteiger partial charge in [-0.1, -0.05) is 9.97 Å². The maximum Gasteiger partial charge on any atom is 0.472 e. The molecule has 2 fully saturated rings. The average Bonchev–Trinajstić information content (AvgIpc) is 3.83. The number of methoxy groups -OCH3 is 1. The summed E-state index contributed by atoms with van der Waals surface area (Å²) >= 11 is 0. The molecule has 0 bridgehead atoms. The molecule has 2 saturated heterocycles. The molecule has 328 valence electrons. The monoisotopic (exact) mass is 906 g/mol. The van der Waals surface area contributed by atoms with Crippen LogP contribution in [0, 0.1) is 0 Å². The number of hydrogen-bond acceptors (Lipinski definition) is 20. The molecule has 0 spiro atoms. The molecule has 2 aliphatic heterocycles. The van der Waals surface area contributed by atoms with E-state index in [-0.39, 0.29) is 34.2 Å². The van der Waals surface area contributed by atoms with Crippen LogP contribution in [-0.2, 0) is 64.6 Å². The van der Waals surface area contributed by atoms with Crippen LogP contribution in [-0.4, -0.2) is 140 Å². The molecule has 6 rings (SSSR count). The summed E-state index contributed by atoms with van der Waals surface area (Å²) in [6, 6.07) is 0. The van der Waals surface area contributed by atoms with Gasteiger partial charge in [0.25, 0.3) is 23.0 Å². The number of nitrogens with zero attached hydrogens (tertiary/aromatic N) is 6. The number of rotatable bonds is 17. The number of phosphoric ester groups is 3. The Morgan fingerprint density at radius 1 is 0.763 bits per heavy atom. The Labute approximate surface area is 328 Å². The SMILES string of the molecule is CO[C@@H]1[C@H](O)C(COP(=O)(O)OCC(COP(=O)(O)OCC2O[C@@H]([n+]3cn(C)c4c(=O)[nH]c(N)nc43)[C@H](O)[C@@H]2O)OP(=O)(O)O)O[C@H]1[n+]1cn(C)c2c(=O)[nH]c(N)nc21. The van der Waals surface area contributed by atoms with E-state index >= 15 is 0 Å². The van der Waals surface area contributed by atoms with Crippen LogP contribution >= 0.6 is 23.5 Å². The summed E-state index contributed by atoms with van der Waals surface area (Å²) in [5.74, 6) is -0.477. The molecule has 13 N–H and O–H groups in total. The number of nitrogen functional groups attached to an aromatic ring is 2. The molecule has 0 aromatic carbocycles. The normalized spacial score (nSPS) is 27.7. The van der Waals surface area contributed by atoms with E-state index in [1.54, 1.807) is 0 Å². The van der Waals surface area contributed by atoms with Crippen molar-refractivity contribution >= 4 is 57.7 Å². The molecule has 0 saturated carbocycles. The first-order valence-electron chi connectivity index (χ1n) is 16.9. The van der Waals surface area contributed by atoms with Gasteiger partial charge in [-0.15, -0.1) is 0 Å². The van der Waals surface area contributed by atoms with E-state index in [0.29, 0.717) is 0 Å². The maximum atomic E-state index is 12.8. The lowest BCUT2D eigenvalue weighted by Gasteiger charge is -2.22. The second-order valence-electron chi connectivity index (χ2n) is 13.2. The Hall–Kier alpha value is -3.61. The van der Waals surface area contributed by atoms with E-state index < -0.39 is 116 Å². The van der Waals surface area contributed by atoms with E-state index in [1.165, 1.54) is 52.1 Å². The van der Waals surface area contributed by atoms with Crippen LogP contribution in [0.15, 0.2) is 22.2 Å². The largest absolute Gasteiger partial charge is 0.472 e. The van der Waals surface area contributed by atoms with E-state index in [2.05, 4.69) is 24.5 Å². The number of anilines is 2. The number of nitrogens with one attached hydrogen (secondary N) is 2. The van der Waals surface area contributed by atoms with Crippen LogP contribution in [0.2, 0.25) is 0 Å². The number of aliphatic hydroxyl groups is 3. The highest BCUT2D eigenvalue weighted by atomic mass is 31.2. The third kappa shape index (κ3) is 9.81. The van der Waals surface area contributed by atoms with Crippen molar-refractivity contribution in [2.45, 2.75) is 55.2 Å². The summed E-state index contributed by atoms with van der Waals surface area (Å²) in [5.41, 5.74) is 10.3. The molecule has 0 radical (unpaired) electrons. The predicted molar refractivity (Wildman–Crippen MR) is 189 cm³/mol. The number of fused-ring (bicyclic) bond motifs is 2. The molecule has 4 aromatic rings. The van der Waals surface area contributed by atoms with Crippen molar-refractivity contribution in [3.63, 3.8) is 0 Å². The Morgan fingerprint density at radius 2 is 1.20 bits per heavy atom. The van der Waals surface area contributed by atoms with Gasteiger partial charge in [-0.05, 0) is 0 Å². The fourth-order valence-electron chi connectivity index (χ4n) is 6.41. The molecular weight excluding hydrogens is 865 g/mol. The first-order chi connectivity index (χ1) is 27.5. The smallest absolute Gasteiger partial charge is 0.387 e. The van der Waals surface area contributed by atoms with Gasteiger partial charge < -0.3 is 60.6 Å². The van der Waals surface area contributed by atoms with Gasteiger partial charge in [-0.3, -0.25) is 51.3 Å². The highest BCUT2D eigenvalue weighted by molar-refractivity contribution is 7.47. The number of phosphoric acid groups is 3. The van der Waals surface area contributed by atoms with Crippen molar-refractivity contribution in [2.24, 2.45) is 14.1 Å². The standard InChI is InChI=1S/C26H39N10O20P3/c1-33-8-35(19-13(33)21(40)31-25(27)29-19)23-17(39)15(37)11(54-23)6-52-58(45,46)50-4-10(56-57(42,43)44)5-51-59(47,48)53-7-12-16(38)18(49-3)24(55-12)36-9-34(2)14-20(36)30-26(28)32-22(14)41/h8-12,15-18,23-24,37-39H,4-7H2,1-3H3,(H8-2,27,28,29,30,31,32,40,41,42,43,44,45,46,47,48)/p+2/t10?,11?,12?,15-,16-,17-,18-,23-,24-/m1/s1. The van der Waals surface area contributed by atoms with Crippen molar-refractivity contribution in [1.82, 2.24) is 29.1 Å². The van der Waals surface area contributed by atoms with Crippen molar-refractivity contribution in [1.29, 1.82) is 0 Å². The molecule has 59 heavy (non-hydrogen) atoms. The molecule has 11 atom stereocenters. The lowest BCUT2D eigenvalue weighted by molar-refractivity contribution is -0.746. The zero-order chi connectivity index (χ0) is 43.4. The van der Waals surface area contributed by atoms with E-state index in [9.17, 15) is 58.2 Å². The van der Waals surface area contributed by atoms with Gasteiger partial charge in [0.2, 0.25) is 23.5 Å². The van der Waals surface area contributed by atoms with Crippen LogP contribution in [0.3, 0.4) is 0 Å². The Bertz CT molecular complexity index is 2460. The van der Waals surface area contributed by atoms with Gasteiger partial charge in [0.15, 0.2) is 12.7 Å². The second kappa shape index (κ2) is 17.0. The second-order valence-corrected chi connectivity index (χ2v) is 17.3. The Kier molecular flexibility index (Phi) is 13.0. The highest BCUT2D eigenvalue weighted by Crippen LogP contribution is 2.48. The third-order valence-electron chi connectivity index (χ3n) is 8.99. The summed E-state index contributed by atoms with van der Waals surface area (Å²) in [6.45, 7) is -4.16. The summed E-state index contributed by atoms with van der Waals surface area (Å²) < 4.78 is 83.2. The number of aliphatic hydroxyl groups excluding tert-OH is 3. The van der Waals surface area contributed by atoms with Crippen molar-refractivity contribution in [2.75, 3.05) is 45.0 Å². The zero-order valence-corrected chi connectivity index (χ0v) is 33.5. The van der Waals surface area contributed by atoms with Gasteiger partial charge in [0.05, 0.1) is 40.5 Å². The lowest BCUT2D eigenvalue weighted by atomic mass is 10.1. The molecular formula is C26H41N10O20P3+2. The lowest BCUT2D eigenvalue weighted by Crippen LogP contribution is -2.47. The van der Waals surface area contributed by atoms with Crippen LogP contribution in [0.25, 0.3) is 22.3 Å². The van der Waals surface area contributed by atoms with Gasteiger partial charge >= 0.3 is 34.8 Å². The van der Waals surface area contributed by atoms with Crippen LogP contribution in [0.5, 0.6) is 0 Å². The van der Waals surface area contributed by atoms with Crippen molar-refractivity contribution in [3.05, 3.63) is 33.4 Å². The molecule has 6 heterocycles. The van der Waals surface area contributed by atoms with Gasteiger partial charge in [0.1, 0.15) is 42.7 Å². The number of aromatic nitrogens is 8. The summed E-state index contributed by atoms with van der Waals surface area (Å²) in [4.78, 5) is 77.0. The number of aromatic amines is 2. The topological polar surface area (TPSA) is 428 Å². The number of aryl methyl sites for hydroxylation is 2. The summed E-state index contributed by atoms with van der Waals surface area (Å²) in [6.07, 6.45) is -10.8. The molecule has 2 aliphatic rings. The van der Waals surface area contributed by atoms with Crippen molar-refractivity contribution in [3.8, 4) is 0 Å². The van der Waals surface area contributed by atoms with Crippen LogP contribution in [0.4, 0.5) is 11.9 Å². The van der Waals surface area contributed by atoms with Crippen LogP contribution in [0.1, 0.15) is 12.5 Å². The molecule has 33 heteroatoms. The fourth-order valence-corrected chi connectivity index (χ4v) is 8.45. The highest BCUT2D eigenvalue weighted by Gasteiger charge is 2.50. The van der Waals surface area contributed by atoms with Crippen LogP contribution < -0.4 is 31.7 Å². The first-order valence-corrected chi connectivity index (χ1v) is 21.4. The minimum atomic E-state index is -5.41. The third-order valence-corrected chi connectivity index (χ3v) is 11.5. The minimum Gasteiger partial charge on any atom is -0.387 e. The number of H-pyrrole nitrogens is 2. The fraction of sp³-hybridized carbons (Fsp3) is 0.615.